The maximum atomic E-state index is 2.43. The summed E-state index contributed by atoms with van der Waals surface area (Å²) in [5, 5.41) is 10.1. The first-order valence-electron chi connectivity index (χ1n) is 17.1. The summed E-state index contributed by atoms with van der Waals surface area (Å²) < 4.78 is 2.66. The van der Waals surface area contributed by atoms with Gasteiger partial charge in [0.25, 0.3) is 0 Å². The van der Waals surface area contributed by atoms with Crippen LogP contribution in [0.1, 0.15) is 0 Å². The first kappa shape index (κ1) is 28.8. The highest BCUT2D eigenvalue weighted by molar-refractivity contribution is 7.25. The van der Waals surface area contributed by atoms with Gasteiger partial charge in [-0.15, -0.1) is 11.3 Å². The van der Waals surface area contributed by atoms with Crippen LogP contribution in [0.2, 0.25) is 0 Å². The van der Waals surface area contributed by atoms with Crippen molar-refractivity contribution in [2.24, 2.45) is 0 Å². The normalized spacial score (nSPS) is 11.6. The third-order valence-electron chi connectivity index (χ3n) is 10.0. The van der Waals surface area contributed by atoms with E-state index < -0.39 is 0 Å². The van der Waals surface area contributed by atoms with Crippen LogP contribution in [-0.4, -0.2) is 0 Å². The molecule has 0 aliphatic carbocycles. The van der Waals surface area contributed by atoms with Crippen LogP contribution < -0.4 is 4.90 Å². The van der Waals surface area contributed by atoms with E-state index in [2.05, 4.69) is 193 Å². The Morgan fingerprint density at radius 3 is 1.78 bits per heavy atom. The van der Waals surface area contributed by atoms with Crippen LogP contribution in [0.3, 0.4) is 0 Å². The fraction of sp³-hybridized carbons (Fsp3) is 0. The molecule has 0 spiro atoms. The molecule has 0 N–H and O–H groups in total. The number of anilines is 3. The summed E-state index contributed by atoms with van der Waals surface area (Å²) in [6.07, 6.45) is 0. The molecule has 1 aromatic heterocycles. The van der Waals surface area contributed by atoms with Gasteiger partial charge in [0.1, 0.15) is 0 Å². The van der Waals surface area contributed by atoms with E-state index in [1.165, 1.54) is 74.7 Å². The summed E-state index contributed by atoms with van der Waals surface area (Å²) in [7, 11) is 0. The molecule has 0 aliphatic rings. The Morgan fingerprint density at radius 2 is 0.920 bits per heavy atom. The van der Waals surface area contributed by atoms with Crippen molar-refractivity contribution >= 4 is 80.9 Å². The summed E-state index contributed by atoms with van der Waals surface area (Å²) in [4.78, 5) is 2.43. The highest BCUT2D eigenvalue weighted by atomic mass is 32.1. The highest BCUT2D eigenvalue weighted by Crippen LogP contribution is 2.44. The molecule has 50 heavy (non-hydrogen) atoms. The molecular formula is C48H31NS. The molecule has 0 bridgehead atoms. The van der Waals surface area contributed by atoms with Gasteiger partial charge in [-0.25, -0.2) is 0 Å². The van der Waals surface area contributed by atoms with Gasteiger partial charge in [0.05, 0.1) is 5.69 Å². The van der Waals surface area contributed by atoms with E-state index in [-0.39, 0.29) is 0 Å². The molecule has 1 heterocycles. The highest BCUT2D eigenvalue weighted by Gasteiger charge is 2.18. The maximum Gasteiger partial charge on any atom is 0.0546 e. The third-order valence-corrected chi connectivity index (χ3v) is 11.2. The quantitative estimate of drug-likeness (QED) is 0.167. The molecule has 0 atom stereocenters. The lowest BCUT2D eigenvalue weighted by Gasteiger charge is -2.28. The number of hydrogen-bond acceptors (Lipinski definition) is 2. The van der Waals surface area contributed by atoms with Gasteiger partial charge in [-0.3, -0.25) is 0 Å². The van der Waals surface area contributed by atoms with E-state index in [1.54, 1.807) is 0 Å². The second-order valence-corrected chi connectivity index (χ2v) is 14.0. The molecule has 0 amide bonds. The predicted octanol–water partition coefficient (Wildman–Crippen LogP) is 14.3. The summed E-state index contributed by atoms with van der Waals surface area (Å²) in [6, 6.07) is 68.9. The number of thiophene rings is 1. The molecule has 10 rings (SSSR count). The molecule has 0 saturated carbocycles. The minimum atomic E-state index is 1.12. The number of nitrogens with zero attached hydrogens (tertiary/aromatic N) is 1. The van der Waals surface area contributed by atoms with Crippen molar-refractivity contribution in [2.75, 3.05) is 4.90 Å². The van der Waals surface area contributed by atoms with Gasteiger partial charge in [-0.2, -0.15) is 0 Å². The minimum Gasteiger partial charge on any atom is -0.310 e. The Labute approximate surface area is 294 Å². The first-order chi connectivity index (χ1) is 24.8. The monoisotopic (exact) mass is 653 g/mol. The average Bonchev–Trinajstić information content (AvgIpc) is 3.56. The summed E-state index contributed by atoms with van der Waals surface area (Å²) >= 11 is 1.86. The van der Waals surface area contributed by atoms with Crippen molar-refractivity contribution in [1.29, 1.82) is 0 Å². The Hall–Kier alpha value is -6.22. The maximum absolute atomic E-state index is 2.43. The summed E-state index contributed by atoms with van der Waals surface area (Å²) in [5.74, 6) is 0. The van der Waals surface area contributed by atoms with E-state index in [4.69, 9.17) is 0 Å². The van der Waals surface area contributed by atoms with Crippen molar-refractivity contribution in [3.05, 3.63) is 188 Å². The fourth-order valence-electron chi connectivity index (χ4n) is 7.55. The first-order valence-corrected chi connectivity index (χ1v) is 17.9. The van der Waals surface area contributed by atoms with Crippen molar-refractivity contribution in [3.8, 4) is 22.3 Å². The van der Waals surface area contributed by atoms with Crippen LogP contribution >= 0.6 is 11.3 Å². The van der Waals surface area contributed by atoms with E-state index in [0.29, 0.717) is 0 Å². The molecule has 0 unspecified atom stereocenters. The van der Waals surface area contributed by atoms with Gasteiger partial charge in [0.2, 0.25) is 0 Å². The zero-order chi connectivity index (χ0) is 33.0. The number of benzene rings is 9. The zero-order valence-corrected chi connectivity index (χ0v) is 28.1. The second-order valence-electron chi connectivity index (χ2n) is 13.0. The lowest BCUT2D eigenvalue weighted by Crippen LogP contribution is -2.10. The van der Waals surface area contributed by atoms with Crippen LogP contribution in [0.25, 0.3) is 74.7 Å². The van der Waals surface area contributed by atoms with Crippen molar-refractivity contribution in [1.82, 2.24) is 0 Å². The summed E-state index contributed by atoms with van der Waals surface area (Å²) in [6.45, 7) is 0. The number of hydrogen-bond donors (Lipinski definition) is 0. The molecule has 2 heteroatoms. The van der Waals surface area contributed by atoms with Crippen LogP contribution in [0.15, 0.2) is 188 Å². The lowest BCUT2D eigenvalue weighted by atomic mass is 9.97. The van der Waals surface area contributed by atoms with Gasteiger partial charge < -0.3 is 4.90 Å². The van der Waals surface area contributed by atoms with Gasteiger partial charge in [0, 0.05) is 36.9 Å². The third kappa shape index (κ3) is 4.84. The molecule has 234 valence electrons. The topological polar surface area (TPSA) is 3.24 Å². The Morgan fingerprint density at radius 1 is 0.300 bits per heavy atom. The van der Waals surface area contributed by atoms with Crippen LogP contribution in [0.4, 0.5) is 17.1 Å². The van der Waals surface area contributed by atoms with Gasteiger partial charge in [-0.05, 0) is 104 Å². The molecule has 10 aromatic rings. The summed E-state index contributed by atoms with van der Waals surface area (Å²) in [5.41, 5.74) is 8.24. The van der Waals surface area contributed by atoms with Gasteiger partial charge in [-0.1, -0.05) is 133 Å². The molecule has 0 saturated heterocycles. The standard InChI is InChI=1S/C48H31NS/c1-2-11-34-28-36(21-20-32(34)10-1)35-13-9-14-40(29-35)49(46-31-38-12-3-4-15-41(38)42-16-5-6-17-43(42)46)39-25-22-33(23-26-39)37-24-27-48-45(30-37)44-18-7-8-19-47(44)50-48/h1-31H. The van der Waals surface area contributed by atoms with Gasteiger partial charge >= 0.3 is 0 Å². The molecule has 9 aromatic carbocycles. The van der Waals surface area contributed by atoms with Crippen LogP contribution in [0.5, 0.6) is 0 Å². The van der Waals surface area contributed by atoms with E-state index in [1.807, 2.05) is 11.3 Å². The fourth-order valence-corrected chi connectivity index (χ4v) is 8.64. The molecule has 0 aliphatic heterocycles. The van der Waals surface area contributed by atoms with Crippen LogP contribution in [-0.2, 0) is 0 Å². The lowest BCUT2D eigenvalue weighted by molar-refractivity contribution is 1.30. The smallest absolute Gasteiger partial charge is 0.0546 e. The molecular weight excluding hydrogens is 623 g/mol. The van der Waals surface area contributed by atoms with E-state index in [0.717, 1.165) is 17.1 Å². The average molecular weight is 654 g/mol. The SMILES string of the molecule is c1cc(-c2ccc3ccccc3c2)cc(N(c2ccc(-c3ccc4sc5ccccc5c4c3)cc2)c2cc3ccccc3c3ccccc23)c1. The Balaban J connectivity index is 1.14. The minimum absolute atomic E-state index is 1.12. The number of fused-ring (bicyclic) bond motifs is 7. The Bertz CT molecular complexity index is 2880. The number of rotatable bonds is 5. The van der Waals surface area contributed by atoms with Crippen molar-refractivity contribution in [2.45, 2.75) is 0 Å². The van der Waals surface area contributed by atoms with E-state index in [9.17, 15) is 0 Å². The van der Waals surface area contributed by atoms with Crippen molar-refractivity contribution in [3.63, 3.8) is 0 Å². The van der Waals surface area contributed by atoms with Crippen LogP contribution in [0, 0.1) is 0 Å². The zero-order valence-electron chi connectivity index (χ0n) is 27.3. The van der Waals surface area contributed by atoms with Gasteiger partial charge in [0.15, 0.2) is 0 Å². The molecule has 0 radical (unpaired) electrons. The molecule has 0 fully saturated rings. The second kappa shape index (κ2) is 11.7. The largest absolute Gasteiger partial charge is 0.310 e. The Kier molecular flexibility index (Phi) is 6.75. The predicted molar refractivity (Wildman–Crippen MR) is 217 cm³/mol. The molecule has 1 nitrogen and oxygen atoms in total. The van der Waals surface area contributed by atoms with Crippen molar-refractivity contribution < 1.29 is 0 Å². The van der Waals surface area contributed by atoms with E-state index >= 15 is 0 Å².